The zero-order chi connectivity index (χ0) is 8.97. The van der Waals surface area contributed by atoms with E-state index in [-0.39, 0.29) is 0 Å². The van der Waals surface area contributed by atoms with Gasteiger partial charge in [0.2, 0.25) is 8.03 Å². The highest BCUT2D eigenvalue weighted by atomic mass is 31.1. The van der Waals surface area contributed by atoms with Crippen molar-refractivity contribution in [2.45, 2.75) is 44.3 Å². The Labute approximate surface area is 74.2 Å². The number of nitrogens with two attached hydrogens (primary N) is 1. The summed E-state index contributed by atoms with van der Waals surface area (Å²) in [4.78, 5) is 8.77. The maximum Gasteiger partial charge on any atom is 0.205 e. The van der Waals surface area contributed by atoms with Crippen LogP contribution in [-0.4, -0.2) is 10.7 Å². The van der Waals surface area contributed by atoms with E-state index >= 15 is 0 Å². The SMILES string of the molecule is NC(CC1CCCCC1)[PH](=O)O. The normalized spacial score (nSPS) is 25.2. The summed E-state index contributed by atoms with van der Waals surface area (Å²) >= 11 is 0. The highest BCUT2D eigenvalue weighted by Crippen LogP contribution is 2.31. The Morgan fingerprint density at radius 3 is 2.50 bits per heavy atom. The summed E-state index contributed by atoms with van der Waals surface area (Å²) in [6, 6.07) is 0. The molecule has 0 aliphatic heterocycles. The van der Waals surface area contributed by atoms with Gasteiger partial charge >= 0.3 is 0 Å². The number of hydrogen-bond donors (Lipinski definition) is 2. The molecule has 1 aliphatic rings. The highest BCUT2D eigenvalue weighted by molar-refractivity contribution is 7.38. The average Bonchev–Trinajstić information content (AvgIpc) is 2.06. The second-order valence-electron chi connectivity index (χ2n) is 3.68. The Balaban J connectivity index is 2.24. The van der Waals surface area contributed by atoms with E-state index in [1.165, 1.54) is 32.1 Å². The molecular weight excluding hydrogens is 173 g/mol. The van der Waals surface area contributed by atoms with Gasteiger partial charge in [0.1, 0.15) is 0 Å². The van der Waals surface area contributed by atoms with Crippen molar-refractivity contribution < 1.29 is 9.46 Å². The van der Waals surface area contributed by atoms with Crippen LogP contribution in [-0.2, 0) is 4.57 Å². The standard InChI is InChI=1S/C8H18NO2P/c9-8(12(10)11)6-7-4-2-1-3-5-7/h7-8,12H,1-6,9H2,(H,10,11). The Morgan fingerprint density at radius 1 is 1.42 bits per heavy atom. The highest BCUT2D eigenvalue weighted by Gasteiger charge is 2.18. The Hall–Kier alpha value is 0.150. The predicted molar refractivity (Wildman–Crippen MR) is 50.4 cm³/mol. The van der Waals surface area contributed by atoms with Crippen molar-refractivity contribution in [3.63, 3.8) is 0 Å². The van der Waals surface area contributed by atoms with E-state index in [1.54, 1.807) is 0 Å². The fourth-order valence-electron chi connectivity index (χ4n) is 1.88. The van der Waals surface area contributed by atoms with Crippen LogP contribution in [0.3, 0.4) is 0 Å². The lowest BCUT2D eigenvalue weighted by atomic mass is 9.87. The van der Waals surface area contributed by atoms with Gasteiger partial charge in [0.25, 0.3) is 0 Å². The van der Waals surface area contributed by atoms with Crippen molar-refractivity contribution in [2.75, 3.05) is 0 Å². The molecule has 0 spiro atoms. The minimum atomic E-state index is -2.48. The van der Waals surface area contributed by atoms with Crippen LogP contribution < -0.4 is 5.73 Å². The minimum absolute atomic E-state index is 0.460. The van der Waals surface area contributed by atoms with Gasteiger partial charge in [-0.3, -0.25) is 4.57 Å². The summed E-state index contributed by atoms with van der Waals surface area (Å²) < 4.78 is 10.6. The minimum Gasteiger partial charge on any atom is -0.345 e. The van der Waals surface area contributed by atoms with E-state index in [4.69, 9.17) is 10.6 Å². The van der Waals surface area contributed by atoms with Gasteiger partial charge < -0.3 is 10.6 Å². The van der Waals surface area contributed by atoms with Crippen LogP contribution in [0.2, 0.25) is 0 Å². The van der Waals surface area contributed by atoms with Crippen molar-refractivity contribution in [1.29, 1.82) is 0 Å². The molecule has 0 aromatic carbocycles. The molecule has 0 heterocycles. The molecule has 4 heteroatoms. The van der Waals surface area contributed by atoms with Crippen LogP contribution in [0.1, 0.15) is 38.5 Å². The molecule has 0 bridgehead atoms. The molecule has 3 nitrogen and oxygen atoms in total. The van der Waals surface area contributed by atoms with Crippen LogP contribution in [0, 0.1) is 5.92 Å². The lowest BCUT2D eigenvalue weighted by Gasteiger charge is -2.23. The first-order chi connectivity index (χ1) is 5.70. The van der Waals surface area contributed by atoms with E-state index in [0.717, 1.165) is 6.42 Å². The zero-order valence-corrected chi connectivity index (χ0v) is 8.33. The maximum absolute atomic E-state index is 10.6. The summed E-state index contributed by atoms with van der Waals surface area (Å²) in [5.74, 6) is 0.146. The fraction of sp³-hybridized carbons (Fsp3) is 1.00. The second kappa shape index (κ2) is 5.00. The van der Waals surface area contributed by atoms with Gasteiger partial charge in [0, 0.05) is 0 Å². The summed E-state index contributed by atoms with van der Waals surface area (Å²) in [5, 5.41) is 0. The molecule has 2 unspecified atom stereocenters. The average molecular weight is 191 g/mol. The van der Waals surface area contributed by atoms with Gasteiger partial charge in [0.05, 0.1) is 5.78 Å². The van der Waals surface area contributed by atoms with E-state index in [0.29, 0.717) is 5.92 Å². The monoisotopic (exact) mass is 191 g/mol. The molecule has 1 saturated carbocycles. The smallest absolute Gasteiger partial charge is 0.205 e. The third-order valence-corrected chi connectivity index (χ3v) is 3.50. The van der Waals surface area contributed by atoms with E-state index < -0.39 is 13.8 Å². The molecule has 1 aliphatic carbocycles. The largest absolute Gasteiger partial charge is 0.345 e. The van der Waals surface area contributed by atoms with Crippen LogP contribution >= 0.6 is 8.03 Å². The van der Waals surface area contributed by atoms with Gasteiger partial charge in [-0.05, 0) is 12.3 Å². The van der Waals surface area contributed by atoms with E-state index in [1.807, 2.05) is 0 Å². The Kier molecular flexibility index (Phi) is 4.27. The lowest BCUT2D eigenvalue weighted by Crippen LogP contribution is -2.21. The molecule has 72 valence electrons. The molecular formula is C8H18NO2P. The third-order valence-electron chi connectivity index (χ3n) is 2.63. The molecule has 0 aromatic rings. The molecule has 1 fully saturated rings. The van der Waals surface area contributed by atoms with Crippen molar-refractivity contribution in [1.82, 2.24) is 0 Å². The van der Waals surface area contributed by atoms with Crippen molar-refractivity contribution >= 4 is 8.03 Å². The topological polar surface area (TPSA) is 63.3 Å². The second-order valence-corrected chi connectivity index (χ2v) is 5.10. The van der Waals surface area contributed by atoms with Gasteiger partial charge in [-0.2, -0.15) is 0 Å². The van der Waals surface area contributed by atoms with Gasteiger partial charge in [-0.1, -0.05) is 32.1 Å². The third kappa shape index (κ3) is 3.26. The molecule has 1 rings (SSSR count). The zero-order valence-electron chi connectivity index (χ0n) is 7.33. The summed E-state index contributed by atoms with van der Waals surface area (Å²) in [6.45, 7) is 0. The quantitative estimate of drug-likeness (QED) is 0.667. The number of hydrogen-bond acceptors (Lipinski definition) is 2. The van der Waals surface area contributed by atoms with Gasteiger partial charge in [0.15, 0.2) is 0 Å². The van der Waals surface area contributed by atoms with Crippen molar-refractivity contribution in [3.05, 3.63) is 0 Å². The predicted octanol–water partition coefficient (Wildman–Crippen LogP) is 1.71. The van der Waals surface area contributed by atoms with Crippen LogP contribution in [0.4, 0.5) is 0 Å². The molecule has 0 aromatic heterocycles. The molecule has 0 saturated heterocycles. The first-order valence-corrected chi connectivity index (χ1v) is 6.12. The molecule has 0 radical (unpaired) electrons. The van der Waals surface area contributed by atoms with Crippen LogP contribution in [0.25, 0.3) is 0 Å². The molecule has 12 heavy (non-hydrogen) atoms. The summed E-state index contributed by atoms with van der Waals surface area (Å²) in [5.41, 5.74) is 5.53. The fourth-order valence-corrected chi connectivity index (χ4v) is 2.42. The molecule has 3 N–H and O–H groups in total. The lowest BCUT2D eigenvalue weighted by molar-refractivity contribution is 0.330. The van der Waals surface area contributed by atoms with E-state index in [9.17, 15) is 4.57 Å². The van der Waals surface area contributed by atoms with Crippen molar-refractivity contribution in [3.8, 4) is 0 Å². The van der Waals surface area contributed by atoms with Crippen LogP contribution in [0.5, 0.6) is 0 Å². The Bertz CT molecular complexity index is 157. The van der Waals surface area contributed by atoms with E-state index in [2.05, 4.69) is 0 Å². The van der Waals surface area contributed by atoms with Crippen LogP contribution in [0.15, 0.2) is 0 Å². The Morgan fingerprint density at radius 2 is 2.00 bits per heavy atom. The number of rotatable bonds is 3. The summed E-state index contributed by atoms with van der Waals surface area (Å²) in [7, 11) is -2.48. The van der Waals surface area contributed by atoms with Gasteiger partial charge in [-0.25, -0.2) is 0 Å². The first kappa shape index (κ1) is 10.2. The maximum atomic E-state index is 10.6. The molecule has 2 atom stereocenters. The first-order valence-electron chi connectivity index (χ1n) is 4.68. The summed E-state index contributed by atoms with van der Waals surface area (Å²) in [6.07, 6.45) is 6.99. The van der Waals surface area contributed by atoms with Crippen molar-refractivity contribution in [2.24, 2.45) is 11.7 Å². The molecule has 0 amide bonds. The van der Waals surface area contributed by atoms with Gasteiger partial charge in [-0.15, -0.1) is 0 Å².